The van der Waals surface area contributed by atoms with Crippen LogP contribution >= 0.6 is 11.6 Å². The number of hydrogen-bond acceptors (Lipinski definition) is 4. The normalized spacial score (nSPS) is 10.6. The van der Waals surface area contributed by atoms with Crippen molar-refractivity contribution in [3.63, 3.8) is 0 Å². The predicted octanol–water partition coefficient (Wildman–Crippen LogP) is 2.87. The zero-order chi connectivity index (χ0) is 17.6. The number of hydrogen-bond donors (Lipinski definition) is 1. The molecule has 1 amide bonds. The van der Waals surface area contributed by atoms with Gasteiger partial charge in [-0.2, -0.15) is 0 Å². The van der Waals surface area contributed by atoms with Gasteiger partial charge in [-0.15, -0.1) is 5.10 Å². The highest BCUT2D eigenvalue weighted by Gasteiger charge is 2.07. The summed E-state index contributed by atoms with van der Waals surface area (Å²) in [6.07, 6.45) is 6.26. The van der Waals surface area contributed by atoms with Gasteiger partial charge in [0.2, 0.25) is 5.91 Å². The number of aromatic nitrogens is 4. The van der Waals surface area contributed by atoms with Crippen LogP contribution in [0.25, 0.3) is 5.69 Å². The Morgan fingerprint density at radius 2 is 2.04 bits per heavy atom. The Balaban J connectivity index is 1.49. The molecule has 2 heterocycles. The summed E-state index contributed by atoms with van der Waals surface area (Å²) in [5.41, 5.74) is 3.69. The second-order valence-electron chi connectivity index (χ2n) is 5.72. The number of aryl methyl sites for hydroxylation is 2. The predicted molar refractivity (Wildman–Crippen MR) is 95.5 cm³/mol. The van der Waals surface area contributed by atoms with E-state index < -0.39 is 0 Å². The topological polar surface area (TPSA) is 72.7 Å². The third kappa shape index (κ3) is 4.64. The maximum atomic E-state index is 12.0. The smallest absolute Gasteiger partial charge is 0.220 e. The highest BCUT2D eigenvalue weighted by molar-refractivity contribution is 6.31. The number of carbonyl (C=O) groups is 1. The first-order valence-electron chi connectivity index (χ1n) is 7.95. The Morgan fingerprint density at radius 1 is 1.24 bits per heavy atom. The molecule has 0 bridgehead atoms. The first-order chi connectivity index (χ1) is 12.1. The molecule has 0 aliphatic carbocycles. The molecule has 1 N–H and O–H groups in total. The molecule has 3 aromatic rings. The maximum absolute atomic E-state index is 12.0. The lowest BCUT2D eigenvalue weighted by Crippen LogP contribution is -2.23. The molecular weight excluding hydrogens is 338 g/mol. The Hall–Kier alpha value is -2.73. The van der Waals surface area contributed by atoms with Crippen LogP contribution in [0, 0.1) is 6.92 Å². The summed E-state index contributed by atoms with van der Waals surface area (Å²) < 4.78 is 1.65. The molecule has 6 nitrogen and oxygen atoms in total. The van der Waals surface area contributed by atoms with Crippen LogP contribution < -0.4 is 5.32 Å². The van der Waals surface area contributed by atoms with Crippen molar-refractivity contribution in [2.75, 3.05) is 0 Å². The summed E-state index contributed by atoms with van der Waals surface area (Å²) in [6.45, 7) is 2.31. The van der Waals surface area contributed by atoms with Gasteiger partial charge in [0.25, 0.3) is 0 Å². The Kier molecular flexibility index (Phi) is 5.40. The third-order valence-electron chi connectivity index (χ3n) is 3.80. The van der Waals surface area contributed by atoms with Crippen LogP contribution in [0.2, 0.25) is 5.02 Å². The number of nitrogens with zero attached hydrogens (tertiary/aromatic N) is 4. The molecule has 0 unspecified atom stereocenters. The number of nitrogens with one attached hydrogen (secondary N) is 1. The molecule has 0 radical (unpaired) electrons. The van der Waals surface area contributed by atoms with Crippen LogP contribution in [0.15, 0.2) is 48.9 Å². The number of carbonyl (C=O) groups excluding carboxylic acids is 1. The average Bonchev–Trinajstić information content (AvgIpc) is 3.11. The fraction of sp³-hybridized carbons (Fsp3) is 0.222. The molecule has 0 aliphatic rings. The van der Waals surface area contributed by atoms with E-state index in [1.807, 2.05) is 37.3 Å². The van der Waals surface area contributed by atoms with E-state index in [0.717, 1.165) is 21.8 Å². The van der Waals surface area contributed by atoms with E-state index in [1.165, 1.54) is 0 Å². The van der Waals surface area contributed by atoms with Crippen molar-refractivity contribution >= 4 is 17.5 Å². The minimum absolute atomic E-state index is 0.0222. The van der Waals surface area contributed by atoms with Crippen LogP contribution in [-0.4, -0.2) is 25.9 Å². The van der Waals surface area contributed by atoms with E-state index in [0.29, 0.717) is 25.1 Å². The van der Waals surface area contributed by atoms with Crippen molar-refractivity contribution < 1.29 is 4.79 Å². The van der Waals surface area contributed by atoms with E-state index in [4.69, 9.17) is 11.6 Å². The summed E-state index contributed by atoms with van der Waals surface area (Å²) >= 11 is 6.01. The molecule has 3 rings (SSSR count). The first-order valence-corrected chi connectivity index (χ1v) is 8.33. The lowest BCUT2D eigenvalue weighted by atomic mass is 10.1. The van der Waals surface area contributed by atoms with Gasteiger partial charge >= 0.3 is 0 Å². The summed E-state index contributed by atoms with van der Waals surface area (Å²) in [6, 6.07) is 9.50. The number of rotatable bonds is 6. The minimum Gasteiger partial charge on any atom is -0.350 e. The fourth-order valence-corrected chi connectivity index (χ4v) is 2.52. The van der Waals surface area contributed by atoms with Crippen molar-refractivity contribution in [2.24, 2.45) is 0 Å². The highest BCUT2D eigenvalue weighted by Crippen LogP contribution is 2.17. The van der Waals surface area contributed by atoms with Crippen LogP contribution in [0.3, 0.4) is 0 Å². The van der Waals surface area contributed by atoms with Gasteiger partial charge < -0.3 is 5.32 Å². The minimum atomic E-state index is -0.0222. The zero-order valence-electron chi connectivity index (χ0n) is 13.8. The van der Waals surface area contributed by atoms with Gasteiger partial charge in [-0.3, -0.25) is 9.78 Å². The second kappa shape index (κ2) is 7.90. The summed E-state index contributed by atoms with van der Waals surface area (Å²) in [5, 5.41) is 11.7. The molecule has 25 heavy (non-hydrogen) atoms. The molecule has 0 fully saturated rings. The summed E-state index contributed by atoms with van der Waals surface area (Å²) in [7, 11) is 0. The van der Waals surface area contributed by atoms with Gasteiger partial charge in [0.15, 0.2) is 0 Å². The lowest BCUT2D eigenvalue weighted by molar-refractivity contribution is -0.121. The largest absolute Gasteiger partial charge is 0.350 e. The van der Waals surface area contributed by atoms with Crippen molar-refractivity contribution in [2.45, 2.75) is 26.3 Å². The maximum Gasteiger partial charge on any atom is 0.220 e. The van der Waals surface area contributed by atoms with E-state index in [-0.39, 0.29) is 5.91 Å². The summed E-state index contributed by atoms with van der Waals surface area (Å²) in [4.78, 5) is 16.0. The van der Waals surface area contributed by atoms with Gasteiger partial charge in [0, 0.05) is 23.8 Å². The van der Waals surface area contributed by atoms with Crippen LogP contribution in [0.5, 0.6) is 0 Å². The monoisotopic (exact) mass is 355 g/mol. The fourth-order valence-electron chi connectivity index (χ4n) is 2.40. The van der Waals surface area contributed by atoms with Gasteiger partial charge in [-0.25, -0.2) is 4.68 Å². The zero-order valence-corrected chi connectivity index (χ0v) is 14.6. The van der Waals surface area contributed by atoms with E-state index in [2.05, 4.69) is 20.6 Å². The third-order valence-corrected chi connectivity index (χ3v) is 4.22. The molecule has 0 saturated heterocycles. The number of amides is 1. The van der Waals surface area contributed by atoms with Crippen molar-refractivity contribution in [1.29, 1.82) is 0 Å². The van der Waals surface area contributed by atoms with Crippen LogP contribution in [0.4, 0.5) is 0 Å². The molecule has 7 heteroatoms. The van der Waals surface area contributed by atoms with Crippen molar-refractivity contribution in [3.05, 3.63) is 70.8 Å². The molecule has 0 atom stereocenters. The highest BCUT2D eigenvalue weighted by atomic mass is 35.5. The van der Waals surface area contributed by atoms with E-state index >= 15 is 0 Å². The first kappa shape index (κ1) is 17.1. The van der Waals surface area contributed by atoms with E-state index in [9.17, 15) is 4.79 Å². The van der Waals surface area contributed by atoms with Crippen molar-refractivity contribution in [1.82, 2.24) is 25.3 Å². The SMILES string of the molecule is Cc1cc(CCC(=O)NCc2cn(-c3ccncc3)nn2)ccc1Cl. The standard InChI is InChI=1S/C18H18ClN5O/c1-13-10-14(2-4-17(13)19)3-5-18(25)21-11-15-12-24(23-22-15)16-6-8-20-9-7-16/h2,4,6-10,12H,3,5,11H2,1H3,(H,21,25). The molecule has 0 spiro atoms. The summed E-state index contributed by atoms with van der Waals surface area (Å²) in [5.74, 6) is -0.0222. The van der Waals surface area contributed by atoms with Crippen LogP contribution in [-0.2, 0) is 17.8 Å². The Labute approximate surface area is 150 Å². The lowest BCUT2D eigenvalue weighted by Gasteiger charge is -2.05. The molecule has 1 aromatic carbocycles. The van der Waals surface area contributed by atoms with Crippen LogP contribution in [0.1, 0.15) is 23.2 Å². The molecule has 0 saturated carbocycles. The molecule has 2 aromatic heterocycles. The molecular formula is C18H18ClN5O. The van der Waals surface area contributed by atoms with Gasteiger partial charge in [0.1, 0.15) is 5.69 Å². The Morgan fingerprint density at radius 3 is 2.80 bits per heavy atom. The van der Waals surface area contributed by atoms with Gasteiger partial charge in [-0.1, -0.05) is 28.9 Å². The number of benzene rings is 1. The van der Waals surface area contributed by atoms with Gasteiger partial charge in [0.05, 0.1) is 18.4 Å². The molecule has 128 valence electrons. The van der Waals surface area contributed by atoms with Gasteiger partial charge in [-0.05, 0) is 42.7 Å². The quantitative estimate of drug-likeness (QED) is 0.738. The van der Waals surface area contributed by atoms with E-state index in [1.54, 1.807) is 23.3 Å². The van der Waals surface area contributed by atoms with Crippen molar-refractivity contribution in [3.8, 4) is 5.69 Å². The average molecular weight is 356 g/mol. The second-order valence-corrected chi connectivity index (χ2v) is 6.13. The number of halogens is 1. The Bertz CT molecular complexity index is 863. The molecule has 0 aliphatic heterocycles. The number of pyridine rings is 1.